The first-order valence-corrected chi connectivity index (χ1v) is 10.1. The van der Waals surface area contributed by atoms with E-state index >= 15 is 0 Å². The highest BCUT2D eigenvalue weighted by atomic mass is 35.5. The number of nitriles is 1. The molecule has 3 rings (SSSR count). The van der Waals surface area contributed by atoms with Gasteiger partial charge in [0.1, 0.15) is 5.15 Å². The molecule has 1 aliphatic heterocycles. The molecule has 0 atom stereocenters. The van der Waals surface area contributed by atoms with Crippen LogP contribution in [0.5, 0.6) is 0 Å². The van der Waals surface area contributed by atoms with E-state index < -0.39 is 10.0 Å². The molecule has 0 radical (unpaired) electrons. The summed E-state index contributed by atoms with van der Waals surface area (Å²) in [7, 11) is -2.03. The fraction of sp³-hybridized carbons (Fsp3) is 0.412. The predicted octanol–water partition coefficient (Wildman–Crippen LogP) is 1.84. The summed E-state index contributed by atoms with van der Waals surface area (Å²) in [6.45, 7) is 3.00. The van der Waals surface area contributed by atoms with Crippen LogP contribution in [-0.4, -0.2) is 53.4 Å². The van der Waals surface area contributed by atoms with Gasteiger partial charge in [0.2, 0.25) is 5.03 Å². The van der Waals surface area contributed by atoms with Gasteiger partial charge in [-0.3, -0.25) is 4.90 Å². The molecule has 0 bridgehead atoms. The van der Waals surface area contributed by atoms with E-state index in [0.29, 0.717) is 25.2 Å². The summed E-state index contributed by atoms with van der Waals surface area (Å²) in [6.07, 6.45) is 2.14. The van der Waals surface area contributed by atoms with Crippen molar-refractivity contribution < 1.29 is 8.42 Å². The fourth-order valence-electron chi connectivity index (χ4n) is 2.98. The molecule has 0 N–H and O–H groups in total. The quantitative estimate of drug-likeness (QED) is 0.791. The van der Waals surface area contributed by atoms with E-state index in [-0.39, 0.29) is 10.2 Å². The van der Waals surface area contributed by atoms with Crippen molar-refractivity contribution in [2.45, 2.75) is 18.0 Å². The molecule has 1 fully saturated rings. The van der Waals surface area contributed by atoms with Gasteiger partial charge in [-0.15, -0.1) is 0 Å². The molecular weight excluding hydrogens is 374 g/mol. The Bertz CT molecular complexity index is 918. The Morgan fingerprint density at radius 1 is 1.19 bits per heavy atom. The molecule has 2 heterocycles. The number of rotatable bonds is 4. The van der Waals surface area contributed by atoms with Crippen LogP contribution in [0.2, 0.25) is 5.15 Å². The number of hydrogen-bond donors (Lipinski definition) is 0. The van der Waals surface area contributed by atoms with Crippen molar-refractivity contribution in [2.24, 2.45) is 7.05 Å². The topological polar surface area (TPSA) is 82.2 Å². The van der Waals surface area contributed by atoms with E-state index in [1.807, 2.05) is 12.1 Å². The summed E-state index contributed by atoms with van der Waals surface area (Å²) < 4.78 is 28.6. The third kappa shape index (κ3) is 3.91. The van der Waals surface area contributed by atoms with E-state index in [1.165, 1.54) is 15.2 Å². The summed E-state index contributed by atoms with van der Waals surface area (Å²) in [6, 6.07) is 9.58. The first kappa shape index (κ1) is 18.9. The summed E-state index contributed by atoms with van der Waals surface area (Å²) in [5.74, 6) is 0. The lowest BCUT2D eigenvalue weighted by Gasteiger charge is -2.21. The smallest absolute Gasteiger partial charge is 0.263 e. The first-order valence-electron chi connectivity index (χ1n) is 8.30. The SMILES string of the molecule is Cn1cnc(S(=O)(=O)N2CCCN(Cc3ccc(C#N)cc3)CC2)c1Cl. The van der Waals surface area contributed by atoms with Gasteiger partial charge in [-0.1, -0.05) is 23.7 Å². The van der Waals surface area contributed by atoms with Crippen molar-refractivity contribution in [1.82, 2.24) is 18.8 Å². The van der Waals surface area contributed by atoms with Crippen molar-refractivity contribution in [2.75, 3.05) is 26.2 Å². The predicted molar refractivity (Wildman–Crippen MR) is 98.0 cm³/mol. The average Bonchev–Trinajstić information content (AvgIpc) is 2.84. The van der Waals surface area contributed by atoms with Gasteiger partial charge in [0.15, 0.2) is 0 Å². The molecule has 0 amide bonds. The second-order valence-corrected chi connectivity index (χ2v) is 8.51. The van der Waals surface area contributed by atoms with Gasteiger partial charge in [0, 0.05) is 33.2 Å². The second kappa shape index (κ2) is 7.76. The van der Waals surface area contributed by atoms with Gasteiger partial charge < -0.3 is 4.57 Å². The molecule has 9 heteroatoms. The number of aryl methyl sites for hydroxylation is 1. The summed E-state index contributed by atoms with van der Waals surface area (Å²) in [5.41, 5.74) is 1.74. The Hall–Kier alpha value is -1.92. The third-order valence-corrected chi connectivity index (χ3v) is 6.85. The zero-order chi connectivity index (χ0) is 18.7. The van der Waals surface area contributed by atoms with Crippen LogP contribution in [0.1, 0.15) is 17.5 Å². The standard InChI is InChI=1S/C17H20ClN5O2S/c1-21-13-20-17(16(21)18)26(24,25)23-8-2-7-22(9-10-23)12-15-5-3-14(11-19)4-6-15/h3-6,13H,2,7-10,12H2,1H3. The minimum Gasteiger partial charge on any atom is -0.324 e. The van der Waals surface area contributed by atoms with E-state index in [4.69, 9.17) is 16.9 Å². The van der Waals surface area contributed by atoms with Crippen molar-refractivity contribution in [3.63, 3.8) is 0 Å². The monoisotopic (exact) mass is 393 g/mol. The lowest BCUT2D eigenvalue weighted by Crippen LogP contribution is -2.35. The zero-order valence-corrected chi connectivity index (χ0v) is 16.0. The average molecular weight is 394 g/mol. The lowest BCUT2D eigenvalue weighted by molar-refractivity contribution is 0.278. The molecule has 2 aromatic rings. The van der Waals surface area contributed by atoms with E-state index in [9.17, 15) is 8.42 Å². The summed E-state index contributed by atoms with van der Waals surface area (Å²) in [5, 5.41) is 8.92. The van der Waals surface area contributed by atoms with Crippen LogP contribution in [0.25, 0.3) is 0 Å². The van der Waals surface area contributed by atoms with E-state index in [2.05, 4.69) is 16.0 Å². The number of benzene rings is 1. The number of hydrogen-bond acceptors (Lipinski definition) is 5. The van der Waals surface area contributed by atoms with Crippen molar-refractivity contribution in [1.29, 1.82) is 5.26 Å². The summed E-state index contributed by atoms with van der Waals surface area (Å²) in [4.78, 5) is 6.18. The number of imidazole rings is 1. The van der Waals surface area contributed by atoms with Crippen molar-refractivity contribution >= 4 is 21.6 Å². The number of aromatic nitrogens is 2. The number of nitrogens with zero attached hydrogens (tertiary/aromatic N) is 5. The molecule has 138 valence electrons. The molecule has 1 aliphatic rings. The van der Waals surface area contributed by atoms with Crippen LogP contribution >= 0.6 is 11.6 Å². The zero-order valence-electron chi connectivity index (χ0n) is 14.5. The van der Waals surface area contributed by atoms with Crippen LogP contribution in [0.3, 0.4) is 0 Å². The van der Waals surface area contributed by atoms with E-state index in [1.54, 1.807) is 19.2 Å². The molecule has 0 saturated carbocycles. The first-order chi connectivity index (χ1) is 12.4. The van der Waals surface area contributed by atoms with E-state index in [0.717, 1.165) is 25.1 Å². The van der Waals surface area contributed by atoms with Crippen LogP contribution in [-0.2, 0) is 23.6 Å². The minimum absolute atomic E-state index is 0.0813. The summed E-state index contributed by atoms with van der Waals surface area (Å²) >= 11 is 6.08. The third-order valence-electron chi connectivity index (χ3n) is 4.46. The molecule has 0 unspecified atom stereocenters. The Morgan fingerprint density at radius 3 is 2.54 bits per heavy atom. The van der Waals surface area contributed by atoms with Crippen molar-refractivity contribution in [3.8, 4) is 6.07 Å². The highest BCUT2D eigenvalue weighted by molar-refractivity contribution is 7.89. The maximum Gasteiger partial charge on any atom is 0.263 e. The highest BCUT2D eigenvalue weighted by Crippen LogP contribution is 2.23. The van der Waals surface area contributed by atoms with Gasteiger partial charge in [-0.05, 0) is 30.7 Å². The van der Waals surface area contributed by atoms with Crippen LogP contribution in [0, 0.1) is 11.3 Å². The van der Waals surface area contributed by atoms with Gasteiger partial charge in [0.25, 0.3) is 10.0 Å². The van der Waals surface area contributed by atoms with Gasteiger partial charge >= 0.3 is 0 Å². The Morgan fingerprint density at radius 2 is 1.92 bits per heavy atom. The molecule has 1 saturated heterocycles. The second-order valence-electron chi connectivity index (χ2n) is 6.29. The van der Waals surface area contributed by atoms with Crippen LogP contribution in [0.15, 0.2) is 35.6 Å². The highest BCUT2D eigenvalue weighted by Gasteiger charge is 2.31. The molecule has 7 nitrogen and oxygen atoms in total. The fourth-order valence-corrected chi connectivity index (χ4v) is 4.84. The largest absolute Gasteiger partial charge is 0.324 e. The molecule has 1 aromatic heterocycles. The molecule has 0 aliphatic carbocycles. The normalized spacial score (nSPS) is 17.0. The Labute approximate surface area is 158 Å². The van der Waals surface area contributed by atoms with Gasteiger partial charge in [-0.25, -0.2) is 13.4 Å². The maximum absolute atomic E-state index is 12.8. The molecular formula is C17H20ClN5O2S. The van der Waals surface area contributed by atoms with Crippen LogP contribution < -0.4 is 0 Å². The van der Waals surface area contributed by atoms with Gasteiger partial charge in [0.05, 0.1) is 18.0 Å². The number of halogens is 1. The molecule has 1 aromatic carbocycles. The number of sulfonamides is 1. The maximum atomic E-state index is 12.8. The lowest BCUT2D eigenvalue weighted by atomic mass is 10.1. The van der Waals surface area contributed by atoms with Crippen LogP contribution in [0.4, 0.5) is 0 Å². The van der Waals surface area contributed by atoms with Gasteiger partial charge in [-0.2, -0.15) is 9.57 Å². The Balaban J connectivity index is 1.68. The molecule has 26 heavy (non-hydrogen) atoms. The minimum atomic E-state index is -3.69. The Kier molecular flexibility index (Phi) is 5.63. The molecule has 0 spiro atoms. The van der Waals surface area contributed by atoms with Crippen molar-refractivity contribution in [3.05, 3.63) is 46.9 Å².